The van der Waals surface area contributed by atoms with Crippen LogP contribution >= 0.6 is 12.2 Å². The predicted molar refractivity (Wildman–Crippen MR) is 66.2 cm³/mol. The number of ether oxygens (including phenoxy) is 2. The van der Waals surface area contributed by atoms with Crippen LogP contribution in [0.3, 0.4) is 0 Å². The Morgan fingerprint density at radius 1 is 1.33 bits per heavy atom. The molecular weight excluding hydrogens is 212 g/mol. The van der Waals surface area contributed by atoms with Crippen molar-refractivity contribution in [3.63, 3.8) is 0 Å². The first-order valence-corrected chi connectivity index (χ1v) is 5.38. The van der Waals surface area contributed by atoms with Gasteiger partial charge in [0, 0.05) is 20.3 Å². The molecule has 1 unspecified atom stereocenters. The zero-order valence-corrected chi connectivity index (χ0v) is 11.0. The van der Waals surface area contributed by atoms with Gasteiger partial charge < -0.3 is 20.1 Å². The SMILES string of the molecule is COCC(C)NC(=S)NC(C)(C)COC. The first kappa shape index (κ1) is 14.6. The molecule has 2 N–H and O–H groups in total. The van der Waals surface area contributed by atoms with Gasteiger partial charge in [-0.2, -0.15) is 0 Å². The summed E-state index contributed by atoms with van der Waals surface area (Å²) in [6.45, 7) is 7.32. The summed E-state index contributed by atoms with van der Waals surface area (Å²) in [5, 5.41) is 6.95. The Hall–Kier alpha value is -0.390. The standard InChI is InChI=1S/C10H22N2O2S/c1-8(6-13-4)11-9(15)12-10(2,3)7-14-5/h8H,6-7H2,1-5H3,(H2,11,12,15). The summed E-state index contributed by atoms with van der Waals surface area (Å²) in [6, 6.07) is 0.202. The van der Waals surface area contributed by atoms with Gasteiger partial charge in [-0.25, -0.2) is 0 Å². The van der Waals surface area contributed by atoms with E-state index in [4.69, 9.17) is 21.7 Å². The van der Waals surface area contributed by atoms with Crippen molar-refractivity contribution in [2.45, 2.75) is 32.4 Å². The van der Waals surface area contributed by atoms with Gasteiger partial charge in [0.15, 0.2) is 5.11 Å². The van der Waals surface area contributed by atoms with Crippen LogP contribution in [-0.4, -0.2) is 44.1 Å². The smallest absolute Gasteiger partial charge is 0.167 e. The molecule has 90 valence electrons. The van der Waals surface area contributed by atoms with Gasteiger partial charge in [0.1, 0.15) is 0 Å². The Bertz CT molecular complexity index is 198. The minimum atomic E-state index is -0.161. The quantitative estimate of drug-likeness (QED) is 0.669. The van der Waals surface area contributed by atoms with Crippen LogP contribution in [0.4, 0.5) is 0 Å². The maximum Gasteiger partial charge on any atom is 0.167 e. The second-order valence-electron chi connectivity index (χ2n) is 4.27. The van der Waals surface area contributed by atoms with E-state index in [0.29, 0.717) is 18.3 Å². The summed E-state index contributed by atoms with van der Waals surface area (Å²) in [7, 11) is 3.34. The van der Waals surface area contributed by atoms with Gasteiger partial charge in [-0.1, -0.05) is 0 Å². The van der Waals surface area contributed by atoms with Crippen LogP contribution in [0.2, 0.25) is 0 Å². The molecule has 15 heavy (non-hydrogen) atoms. The molecule has 0 aliphatic rings. The minimum Gasteiger partial charge on any atom is -0.383 e. The van der Waals surface area contributed by atoms with E-state index in [0.717, 1.165) is 0 Å². The number of nitrogens with one attached hydrogen (secondary N) is 2. The molecule has 0 rings (SSSR count). The van der Waals surface area contributed by atoms with Crippen molar-refractivity contribution in [3.8, 4) is 0 Å². The maximum absolute atomic E-state index is 5.17. The van der Waals surface area contributed by atoms with Gasteiger partial charge in [-0.15, -0.1) is 0 Å². The first-order chi connectivity index (χ1) is 6.91. The van der Waals surface area contributed by atoms with Gasteiger partial charge in [0.05, 0.1) is 18.8 Å². The molecule has 0 aromatic rings. The number of thiocarbonyl (C=S) groups is 1. The highest BCUT2D eigenvalue weighted by Crippen LogP contribution is 2.01. The highest BCUT2D eigenvalue weighted by molar-refractivity contribution is 7.80. The van der Waals surface area contributed by atoms with Crippen molar-refractivity contribution in [3.05, 3.63) is 0 Å². The fourth-order valence-corrected chi connectivity index (χ4v) is 1.73. The van der Waals surface area contributed by atoms with Crippen LogP contribution in [0.25, 0.3) is 0 Å². The number of hydrogen-bond donors (Lipinski definition) is 2. The van der Waals surface area contributed by atoms with Crippen LogP contribution in [-0.2, 0) is 9.47 Å². The average molecular weight is 234 g/mol. The summed E-state index contributed by atoms with van der Waals surface area (Å²) >= 11 is 5.17. The summed E-state index contributed by atoms with van der Waals surface area (Å²) < 4.78 is 10.1. The monoisotopic (exact) mass is 234 g/mol. The third-order valence-corrected chi connectivity index (χ3v) is 1.97. The van der Waals surface area contributed by atoms with Crippen molar-refractivity contribution in [2.75, 3.05) is 27.4 Å². The molecule has 0 heterocycles. The second-order valence-corrected chi connectivity index (χ2v) is 4.68. The molecule has 0 saturated carbocycles. The van der Waals surface area contributed by atoms with Crippen molar-refractivity contribution < 1.29 is 9.47 Å². The zero-order valence-electron chi connectivity index (χ0n) is 10.2. The number of rotatable bonds is 6. The highest BCUT2D eigenvalue weighted by Gasteiger charge is 2.18. The fraction of sp³-hybridized carbons (Fsp3) is 0.900. The van der Waals surface area contributed by atoms with Crippen molar-refractivity contribution >= 4 is 17.3 Å². The molecule has 0 aromatic carbocycles. The molecule has 5 heteroatoms. The van der Waals surface area contributed by atoms with Crippen LogP contribution in [0.5, 0.6) is 0 Å². The number of methoxy groups -OCH3 is 2. The Morgan fingerprint density at radius 2 is 1.93 bits per heavy atom. The normalized spacial score (nSPS) is 13.4. The van der Waals surface area contributed by atoms with Crippen molar-refractivity contribution in [2.24, 2.45) is 0 Å². The summed E-state index contributed by atoms with van der Waals surface area (Å²) in [4.78, 5) is 0. The van der Waals surface area contributed by atoms with E-state index in [1.165, 1.54) is 0 Å². The van der Waals surface area contributed by atoms with Crippen LogP contribution in [0.1, 0.15) is 20.8 Å². The summed E-state index contributed by atoms with van der Waals surface area (Å²) in [6.07, 6.45) is 0. The molecule has 0 spiro atoms. The van der Waals surface area contributed by atoms with Crippen LogP contribution < -0.4 is 10.6 Å². The molecular formula is C10H22N2O2S. The topological polar surface area (TPSA) is 42.5 Å². The summed E-state index contributed by atoms with van der Waals surface area (Å²) in [5.74, 6) is 0. The van der Waals surface area contributed by atoms with Gasteiger partial charge in [0.25, 0.3) is 0 Å². The second kappa shape index (κ2) is 6.98. The van der Waals surface area contributed by atoms with Gasteiger partial charge in [0.2, 0.25) is 0 Å². The molecule has 0 radical (unpaired) electrons. The highest BCUT2D eigenvalue weighted by atomic mass is 32.1. The van der Waals surface area contributed by atoms with Crippen LogP contribution in [0, 0.1) is 0 Å². The maximum atomic E-state index is 5.17. The lowest BCUT2D eigenvalue weighted by molar-refractivity contribution is 0.138. The van der Waals surface area contributed by atoms with E-state index in [2.05, 4.69) is 10.6 Å². The summed E-state index contributed by atoms with van der Waals surface area (Å²) in [5.41, 5.74) is -0.161. The lowest BCUT2D eigenvalue weighted by Crippen LogP contribution is -2.53. The van der Waals surface area contributed by atoms with E-state index in [1.807, 2.05) is 20.8 Å². The largest absolute Gasteiger partial charge is 0.383 e. The number of hydrogen-bond acceptors (Lipinski definition) is 3. The third kappa shape index (κ3) is 7.53. The Labute approximate surface area is 97.7 Å². The predicted octanol–water partition coefficient (Wildman–Crippen LogP) is 0.910. The molecule has 0 saturated heterocycles. The van der Waals surface area contributed by atoms with E-state index in [-0.39, 0.29) is 11.6 Å². The zero-order chi connectivity index (χ0) is 11.9. The van der Waals surface area contributed by atoms with Crippen molar-refractivity contribution in [1.29, 1.82) is 0 Å². The Balaban J connectivity index is 3.91. The Kier molecular flexibility index (Phi) is 6.80. The van der Waals surface area contributed by atoms with Gasteiger partial charge >= 0.3 is 0 Å². The molecule has 0 amide bonds. The van der Waals surface area contributed by atoms with Gasteiger partial charge in [-0.05, 0) is 33.0 Å². The molecule has 0 aliphatic carbocycles. The first-order valence-electron chi connectivity index (χ1n) is 4.98. The molecule has 0 bridgehead atoms. The Morgan fingerprint density at radius 3 is 2.40 bits per heavy atom. The molecule has 1 atom stereocenters. The van der Waals surface area contributed by atoms with E-state index in [9.17, 15) is 0 Å². The van der Waals surface area contributed by atoms with Crippen LogP contribution in [0.15, 0.2) is 0 Å². The van der Waals surface area contributed by atoms with E-state index < -0.39 is 0 Å². The lowest BCUT2D eigenvalue weighted by atomic mass is 10.1. The van der Waals surface area contributed by atoms with Gasteiger partial charge in [-0.3, -0.25) is 0 Å². The third-order valence-electron chi connectivity index (χ3n) is 1.75. The van der Waals surface area contributed by atoms with E-state index in [1.54, 1.807) is 14.2 Å². The van der Waals surface area contributed by atoms with Crippen molar-refractivity contribution in [1.82, 2.24) is 10.6 Å². The molecule has 0 aliphatic heterocycles. The van der Waals surface area contributed by atoms with E-state index >= 15 is 0 Å². The molecule has 0 aromatic heterocycles. The minimum absolute atomic E-state index is 0.161. The average Bonchev–Trinajstić information content (AvgIpc) is 2.01. The fourth-order valence-electron chi connectivity index (χ4n) is 1.26. The lowest BCUT2D eigenvalue weighted by Gasteiger charge is -2.28. The molecule has 0 fully saturated rings. The molecule has 4 nitrogen and oxygen atoms in total.